The highest BCUT2D eigenvalue weighted by atomic mass is 15.3. The number of nitrogens with zero attached hydrogens (tertiary/aromatic N) is 2. The fourth-order valence-electron chi connectivity index (χ4n) is 2.62. The second-order valence-corrected chi connectivity index (χ2v) is 5.55. The van der Waals surface area contributed by atoms with Gasteiger partial charge in [-0.1, -0.05) is 44.2 Å². The van der Waals surface area contributed by atoms with E-state index < -0.39 is 0 Å². The number of rotatable bonds is 4. The van der Waals surface area contributed by atoms with E-state index in [1.807, 2.05) is 29.0 Å². The zero-order valence-electron chi connectivity index (χ0n) is 12.3. The second kappa shape index (κ2) is 5.68. The van der Waals surface area contributed by atoms with E-state index in [2.05, 4.69) is 54.7 Å². The van der Waals surface area contributed by atoms with Crippen molar-refractivity contribution in [3.63, 3.8) is 0 Å². The lowest BCUT2D eigenvalue weighted by molar-refractivity contribution is 0.640. The molecule has 3 aromatic rings. The van der Waals surface area contributed by atoms with E-state index in [0.29, 0.717) is 5.92 Å². The van der Waals surface area contributed by atoms with E-state index >= 15 is 0 Å². The highest BCUT2D eigenvalue weighted by molar-refractivity contribution is 5.57. The summed E-state index contributed by atoms with van der Waals surface area (Å²) in [5.74, 6) is 6.33. The Labute approximate surface area is 124 Å². The predicted molar refractivity (Wildman–Crippen MR) is 84.9 cm³/mol. The summed E-state index contributed by atoms with van der Waals surface area (Å²) in [5.41, 5.74) is 7.52. The molecule has 1 aromatic carbocycles. The summed E-state index contributed by atoms with van der Waals surface area (Å²) in [5, 5.41) is 4.38. The Hall–Kier alpha value is -2.17. The highest BCUT2D eigenvalue weighted by Crippen LogP contribution is 2.26. The van der Waals surface area contributed by atoms with Crippen LogP contribution < -0.4 is 11.3 Å². The minimum atomic E-state index is -0.0638. The second-order valence-electron chi connectivity index (χ2n) is 5.55. The van der Waals surface area contributed by atoms with Gasteiger partial charge in [-0.05, 0) is 29.2 Å². The largest absolute Gasteiger partial charge is 0.271 e. The Balaban J connectivity index is 2.01. The quantitative estimate of drug-likeness (QED) is 0.570. The van der Waals surface area contributed by atoms with E-state index in [1.54, 1.807) is 0 Å². The van der Waals surface area contributed by atoms with E-state index in [1.165, 1.54) is 5.56 Å². The Morgan fingerprint density at radius 3 is 2.43 bits per heavy atom. The summed E-state index contributed by atoms with van der Waals surface area (Å²) < 4.78 is 1.86. The maximum Gasteiger partial charge on any atom is 0.0747 e. The number of nitrogens with one attached hydrogen (secondary N) is 1. The molecule has 0 aliphatic rings. The van der Waals surface area contributed by atoms with Gasteiger partial charge in [0.15, 0.2) is 0 Å². The molecule has 3 rings (SSSR count). The van der Waals surface area contributed by atoms with Crippen molar-refractivity contribution < 1.29 is 0 Å². The van der Waals surface area contributed by atoms with Crippen molar-refractivity contribution >= 4 is 5.52 Å². The first-order valence-electron chi connectivity index (χ1n) is 7.19. The number of hydrogen-bond acceptors (Lipinski definition) is 3. The Morgan fingerprint density at radius 2 is 1.76 bits per heavy atom. The smallest absolute Gasteiger partial charge is 0.0747 e. The maximum atomic E-state index is 5.80. The summed E-state index contributed by atoms with van der Waals surface area (Å²) in [7, 11) is 0. The van der Waals surface area contributed by atoms with Gasteiger partial charge in [-0.15, -0.1) is 0 Å². The van der Waals surface area contributed by atoms with Gasteiger partial charge in [0.05, 0.1) is 17.8 Å². The molecule has 3 N–H and O–H groups in total. The lowest BCUT2D eigenvalue weighted by Gasteiger charge is -2.16. The first-order chi connectivity index (χ1) is 10.2. The van der Waals surface area contributed by atoms with Crippen molar-refractivity contribution in [2.45, 2.75) is 25.8 Å². The fraction of sp³-hybridized carbons (Fsp3) is 0.235. The topological polar surface area (TPSA) is 55.3 Å². The molecular weight excluding hydrogens is 260 g/mol. The summed E-state index contributed by atoms with van der Waals surface area (Å²) in [6.07, 6.45) is 3.81. The molecule has 108 valence electrons. The molecule has 0 saturated carbocycles. The molecule has 0 radical (unpaired) electrons. The van der Waals surface area contributed by atoms with Crippen LogP contribution in [0.4, 0.5) is 0 Å². The van der Waals surface area contributed by atoms with Crippen LogP contribution in [0, 0.1) is 0 Å². The van der Waals surface area contributed by atoms with Crippen LogP contribution in [0.1, 0.15) is 42.5 Å². The third-order valence-corrected chi connectivity index (χ3v) is 3.87. The number of hydrazine groups is 1. The molecule has 0 spiro atoms. The first-order valence-corrected chi connectivity index (χ1v) is 7.19. The van der Waals surface area contributed by atoms with Crippen molar-refractivity contribution in [1.29, 1.82) is 0 Å². The molecular formula is C17H20N4. The van der Waals surface area contributed by atoms with Crippen molar-refractivity contribution in [3.8, 4) is 0 Å². The van der Waals surface area contributed by atoms with Crippen molar-refractivity contribution in [2.24, 2.45) is 5.84 Å². The SMILES string of the molecule is CC(C)c1ccc(C(NN)c2cnn3ccccc23)cc1. The number of benzene rings is 1. The molecule has 2 heterocycles. The first kappa shape index (κ1) is 13.8. The van der Waals surface area contributed by atoms with Gasteiger partial charge < -0.3 is 0 Å². The van der Waals surface area contributed by atoms with Crippen LogP contribution in [0.15, 0.2) is 54.9 Å². The van der Waals surface area contributed by atoms with Gasteiger partial charge in [-0.2, -0.15) is 5.10 Å². The number of fused-ring (bicyclic) bond motifs is 1. The van der Waals surface area contributed by atoms with Crippen molar-refractivity contribution in [3.05, 3.63) is 71.5 Å². The number of pyridine rings is 1. The van der Waals surface area contributed by atoms with E-state index in [9.17, 15) is 0 Å². The van der Waals surface area contributed by atoms with Crippen molar-refractivity contribution in [2.75, 3.05) is 0 Å². The Morgan fingerprint density at radius 1 is 1.05 bits per heavy atom. The summed E-state index contributed by atoms with van der Waals surface area (Å²) in [4.78, 5) is 0. The normalized spacial score (nSPS) is 13.0. The average Bonchev–Trinajstić information content (AvgIpc) is 2.93. The van der Waals surface area contributed by atoms with Gasteiger partial charge >= 0.3 is 0 Å². The molecule has 2 aromatic heterocycles. The number of nitrogens with two attached hydrogens (primary N) is 1. The summed E-state index contributed by atoms with van der Waals surface area (Å²) in [6, 6.07) is 14.5. The van der Waals surface area contributed by atoms with Crippen LogP contribution in [0.2, 0.25) is 0 Å². The Bertz CT molecular complexity index is 728. The lowest BCUT2D eigenvalue weighted by atomic mass is 9.96. The standard InChI is InChI=1S/C17H20N4/c1-12(2)13-6-8-14(9-7-13)17(20-18)15-11-19-21-10-4-3-5-16(15)21/h3-12,17,20H,18H2,1-2H3. The zero-order valence-corrected chi connectivity index (χ0v) is 12.3. The van der Waals surface area contributed by atoms with Gasteiger partial charge in [0.2, 0.25) is 0 Å². The molecule has 0 aliphatic heterocycles. The summed E-state index contributed by atoms with van der Waals surface area (Å²) >= 11 is 0. The molecule has 4 heteroatoms. The van der Waals surface area contributed by atoms with Crippen LogP contribution in [-0.2, 0) is 0 Å². The van der Waals surface area contributed by atoms with E-state index in [-0.39, 0.29) is 6.04 Å². The number of hydrogen-bond donors (Lipinski definition) is 2. The molecule has 1 atom stereocenters. The van der Waals surface area contributed by atoms with Crippen LogP contribution in [0.3, 0.4) is 0 Å². The molecule has 0 saturated heterocycles. The van der Waals surface area contributed by atoms with E-state index in [4.69, 9.17) is 5.84 Å². The van der Waals surface area contributed by atoms with Gasteiger partial charge in [-0.25, -0.2) is 9.94 Å². The van der Waals surface area contributed by atoms with Crippen LogP contribution >= 0.6 is 0 Å². The molecule has 1 unspecified atom stereocenters. The van der Waals surface area contributed by atoms with Gasteiger partial charge in [0.1, 0.15) is 0 Å². The highest BCUT2D eigenvalue weighted by Gasteiger charge is 2.17. The minimum absolute atomic E-state index is 0.0638. The third-order valence-electron chi connectivity index (χ3n) is 3.87. The molecule has 0 aliphatic carbocycles. The predicted octanol–water partition coefficient (Wildman–Crippen LogP) is 3.01. The lowest BCUT2D eigenvalue weighted by Crippen LogP contribution is -2.28. The minimum Gasteiger partial charge on any atom is -0.271 e. The van der Waals surface area contributed by atoms with Crippen molar-refractivity contribution in [1.82, 2.24) is 15.0 Å². The molecule has 21 heavy (non-hydrogen) atoms. The van der Waals surface area contributed by atoms with Crippen LogP contribution in [0.25, 0.3) is 5.52 Å². The van der Waals surface area contributed by atoms with Crippen LogP contribution in [0.5, 0.6) is 0 Å². The maximum absolute atomic E-state index is 5.80. The Kier molecular flexibility index (Phi) is 3.73. The summed E-state index contributed by atoms with van der Waals surface area (Å²) in [6.45, 7) is 4.39. The molecule has 0 amide bonds. The van der Waals surface area contributed by atoms with Gasteiger partial charge in [0.25, 0.3) is 0 Å². The van der Waals surface area contributed by atoms with Gasteiger partial charge in [-0.3, -0.25) is 5.84 Å². The zero-order chi connectivity index (χ0) is 14.8. The molecule has 4 nitrogen and oxygen atoms in total. The van der Waals surface area contributed by atoms with Gasteiger partial charge in [0, 0.05) is 11.8 Å². The monoisotopic (exact) mass is 280 g/mol. The third kappa shape index (κ3) is 2.55. The molecule has 0 bridgehead atoms. The average molecular weight is 280 g/mol. The van der Waals surface area contributed by atoms with E-state index in [0.717, 1.165) is 16.6 Å². The fourth-order valence-corrected chi connectivity index (χ4v) is 2.62. The molecule has 0 fully saturated rings. The van der Waals surface area contributed by atoms with Crippen LogP contribution in [-0.4, -0.2) is 9.61 Å². The number of aromatic nitrogens is 2.